The van der Waals surface area contributed by atoms with Crippen molar-refractivity contribution in [2.24, 2.45) is 15.0 Å². The van der Waals surface area contributed by atoms with Gasteiger partial charge in [-0.25, -0.2) is 15.0 Å². The van der Waals surface area contributed by atoms with E-state index < -0.39 is 0 Å². The SMILES string of the molecule is Brc1cccc2c1c1ccccc1n2-c1ccc(N=C(N=C(N=CNc2ccccc2)c2ccccc2)c2ccccc2)cc1. The molecular weight excluding hydrogens is 618 g/mol. The monoisotopic (exact) mass is 645 g/mol. The molecule has 0 spiro atoms. The van der Waals surface area contributed by atoms with Crippen molar-refractivity contribution in [2.75, 3.05) is 5.32 Å². The number of para-hydroxylation sites is 2. The van der Waals surface area contributed by atoms with Crippen molar-refractivity contribution < 1.29 is 0 Å². The van der Waals surface area contributed by atoms with Crippen LogP contribution in [0.25, 0.3) is 27.5 Å². The van der Waals surface area contributed by atoms with Gasteiger partial charge in [0.2, 0.25) is 0 Å². The second-order valence-corrected chi connectivity index (χ2v) is 11.2. The summed E-state index contributed by atoms with van der Waals surface area (Å²) in [5, 5.41) is 5.65. The summed E-state index contributed by atoms with van der Waals surface area (Å²) in [6, 6.07) is 53.0. The first kappa shape index (κ1) is 28.2. The number of aliphatic imine (C=N–C) groups is 3. The van der Waals surface area contributed by atoms with E-state index in [4.69, 9.17) is 15.0 Å². The number of nitrogens with one attached hydrogen (secondary N) is 1. The van der Waals surface area contributed by atoms with E-state index in [1.807, 2.05) is 103 Å². The van der Waals surface area contributed by atoms with Crippen molar-refractivity contribution in [1.29, 1.82) is 0 Å². The van der Waals surface area contributed by atoms with Crippen molar-refractivity contribution in [3.8, 4) is 5.69 Å². The van der Waals surface area contributed by atoms with Crippen LogP contribution in [0, 0.1) is 0 Å². The Labute approximate surface area is 270 Å². The lowest BCUT2D eigenvalue weighted by Gasteiger charge is -2.09. The van der Waals surface area contributed by atoms with Crippen LogP contribution < -0.4 is 5.32 Å². The molecule has 0 atom stereocenters. The van der Waals surface area contributed by atoms with Gasteiger partial charge in [0.05, 0.1) is 23.1 Å². The number of hydrogen-bond donors (Lipinski definition) is 1. The third-order valence-corrected chi connectivity index (χ3v) is 8.12. The number of nitrogens with zero attached hydrogens (tertiary/aromatic N) is 4. The van der Waals surface area contributed by atoms with E-state index in [2.05, 4.69) is 80.4 Å². The molecule has 5 nitrogen and oxygen atoms in total. The third-order valence-electron chi connectivity index (χ3n) is 7.46. The topological polar surface area (TPSA) is 54.0 Å². The first-order valence-corrected chi connectivity index (χ1v) is 15.4. The molecule has 1 N–H and O–H groups in total. The minimum atomic E-state index is 0.550. The lowest BCUT2D eigenvalue weighted by Crippen LogP contribution is -2.07. The van der Waals surface area contributed by atoms with E-state index in [1.165, 1.54) is 10.8 Å². The number of anilines is 1. The van der Waals surface area contributed by atoms with E-state index in [0.29, 0.717) is 11.7 Å². The molecule has 0 unspecified atom stereocenters. The highest BCUT2D eigenvalue weighted by molar-refractivity contribution is 9.10. The van der Waals surface area contributed by atoms with Gasteiger partial charge in [0.1, 0.15) is 0 Å². The Kier molecular flexibility index (Phi) is 8.12. The molecule has 0 fully saturated rings. The fourth-order valence-electron chi connectivity index (χ4n) is 5.35. The summed E-state index contributed by atoms with van der Waals surface area (Å²) in [5.74, 6) is 1.12. The predicted octanol–water partition coefficient (Wildman–Crippen LogP) is 10.2. The summed E-state index contributed by atoms with van der Waals surface area (Å²) in [4.78, 5) is 14.8. The Balaban J connectivity index is 1.30. The molecule has 0 bridgehead atoms. The second kappa shape index (κ2) is 13.0. The van der Waals surface area contributed by atoms with E-state index in [-0.39, 0.29) is 0 Å². The lowest BCUT2D eigenvalue weighted by molar-refractivity contribution is 1.18. The van der Waals surface area contributed by atoms with Gasteiger partial charge in [-0.15, -0.1) is 0 Å². The maximum absolute atomic E-state index is 5.04. The van der Waals surface area contributed by atoms with Crippen LogP contribution in [-0.4, -0.2) is 22.6 Å². The number of rotatable bonds is 6. The first-order chi connectivity index (χ1) is 22.2. The molecule has 0 aliphatic rings. The summed E-state index contributed by atoms with van der Waals surface area (Å²) < 4.78 is 3.37. The van der Waals surface area contributed by atoms with Crippen molar-refractivity contribution in [1.82, 2.24) is 4.57 Å². The van der Waals surface area contributed by atoms with Crippen molar-refractivity contribution in [3.05, 3.63) is 173 Å². The molecule has 0 saturated carbocycles. The zero-order chi connectivity index (χ0) is 30.4. The van der Waals surface area contributed by atoms with Crippen molar-refractivity contribution >= 4 is 67.1 Å². The molecule has 1 heterocycles. The predicted molar refractivity (Wildman–Crippen MR) is 193 cm³/mol. The number of aromatic nitrogens is 1. The maximum Gasteiger partial charge on any atom is 0.163 e. The molecule has 0 radical (unpaired) electrons. The number of benzene rings is 6. The number of amidine groups is 2. The highest BCUT2D eigenvalue weighted by Gasteiger charge is 2.14. The smallest absolute Gasteiger partial charge is 0.163 e. The summed E-state index contributed by atoms with van der Waals surface area (Å²) in [7, 11) is 0. The van der Waals surface area contributed by atoms with Gasteiger partial charge in [0, 0.05) is 37.7 Å². The summed E-state index contributed by atoms with van der Waals surface area (Å²) in [6.45, 7) is 0. The van der Waals surface area contributed by atoms with Crippen LogP contribution in [0.4, 0.5) is 11.4 Å². The van der Waals surface area contributed by atoms with Crippen LogP contribution in [0.3, 0.4) is 0 Å². The summed E-state index contributed by atoms with van der Waals surface area (Å²) in [6.07, 6.45) is 1.67. The van der Waals surface area contributed by atoms with Gasteiger partial charge < -0.3 is 9.88 Å². The summed E-state index contributed by atoms with van der Waals surface area (Å²) in [5.41, 5.74) is 6.88. The highest BCUT2D eigenvalue weighted by atomic mass is 79.9. The van der Waals surface area contributed by atoms with Crippen LogP contribution in [-0.2, 0) is 0 Å². The zero-order valence-electron chi connectivity index (χ0n) is 24.3. The van der Waals surface area contributed by atoms with Gasteiger partial charge in [0.25, 0.3) is 0 Å². The van der Waals surface area contributed by atoms with Gasteiger partial charge in [0.15, 0.2) is 11.7 Å². The minimum Gasteiger partial charge on any atom is -0.346 e. The molecule has 216 valence electrons. The maximum atomic E-state index is 5.04. The molecule has 7 rings (SSSR count). The van der Waals surface area contributed by atoms with E-state index in [0.717, 1.165) is 43.7 Å². The Morgan fingerprint density at radius 2 is 1.18 bits per heavy atom. The lowest BCUT2D eigenvalue weighted by atomic mass is 10.2. The van der Waals surface area contributed by atoms with E-state index >= 15 is 0 Å². The largest absolute Gasteiger partial charge is 0.346 e. The van der Waals surface area contributed by atoms with Crippen molar-refractivity contribution in [2.45, 2.75) is 0 Å². The van der Waals surface area contributed by atoms with Crippen LogP contribution in [0.1, 0.15) is 11.1 Å². The highest BCUT2D eigenvalue weighted by Crippen LogP contribution is 2.36. The Hall–Kier alpha value is -5.59. The molecule has 6 aromatic carbocycles. The minimum absolute atomic E-state index is 0.550. The van der Waals surface area contributed by atoms with Gasteiger partial charge in [-0.1, -0.05) is 119 Å². The average molecular weight is 647 g/mol. The Morgan fingerprint density at radius 1 is 0.578 bits per heavy atom. The number of halogens is 1. The van der Waals surface area contributed by atoms with E-state index in [9.17, 15) is 0 Å². The van der Waals surface area contributed by atoms with Gasteiger partial charge in [-0.3, -0.25) is 0 Å². The van der Waals surface area contributed by atoms with Crippen LogP contribution in [0.2, 0.25) is 0 Å². The first-order valence-electron chi connectivity index (χ1n) is 14.6. The normalized spacial score (nSPS) is 12.3. The summed E-state index contributed by atoms with van der Waals surface area (Å²) >= 11 is 3.77. The fraction of sp³-hybridized carbons (Fsp3) is 0. The van der Waals surface area contributed by atoms with Gasteiger partial charge >= 0.3 is 0 Å². The number of hydrogen-bond acceptors (Lipinski definition) is 1. The van der Waals surface area contributed by atoms with Crippen molar-refractivity contribution in [3.63, 3.8) is 0 Å². The third kappa shape index (κ3) is 6.09. The Morgan fingerprint density at radius 3 is 1.89 bits per heavy atom. The molecule has 0 aliphatic heterocycles. The average Bonchev–Trinajstić information content (AvgIpc) is 3.44. The second-order valence-electron chi connectivity index (χ2n) is 10.4. The van der Waals surface area contributed by atoms with Gasteiger partial charge in [-0.05, 0) is 54.6 Å². The Bertz CT molecular complexity index is 2170. The van der Waals surface area contributed by atoms with E-state index in [1.54, 1.807) is 6.34 Å². The number of fused-ring (bicyclic) bond motifs is 3. The molecule has 6 heteroatoms. The quantitative estimate of drug-likeness (QED) is 0.142. The molecular formula is C39H28BrN5. The van der Waals surface area contributed by atoms with Crippen LogP contribution >= 0.6 is 15.9 Å². The molecule has 0 saturated heterocycles. The van der Waals surface area contributed by atoms with Crippen LogP contribution in [0.5, 0.6) is 0 Å². The molecule has 7 aromatic rings. The molecule has 0 amide bonds. The van der Waals surface area contributed by atoms with Gasteiger partial charge in [-0.2, -0.15) is 0 Å². The molecule has 0 aliphatic carbocycles. The molecule has 45 heavy (non-hydrogen) atoms. The fourth-order valence-corrected chi connectivity index (χ4v) is 5.92. The zero-order valence-corrected chi connectivity index (χ0v) is 25.8. The standard InChI is InChI=1S/C39H28BrN5/c40-34-20-12-22-36-37(34)33-19-10-11-21-35(33)45(36)32-25-23-31(24-26-32)43-39(29-15-6-2-7-16-29)44-38(28-13-4-1-5-14-28)42-27-41-30-17-8-3-9-18-30/h1-27H,(H,41,42,43,44). The van der Waals surface area contributed by atoms with Crippen LogP contribution in [0.15, 0.2) is 177 Å². The molecule has 1 aromatic heterocycles.